The summed E-state index contributed by atoms with van der Waals surface area (Å²) in [5.74, 6) is -0.455. The summed E-state index contributed by atoms with van der Waals surface area (Å²) < 4.78 is 14.3. The van der Waals surface area contributed by atoms with Crippen molar-refractivity contribution in [1.29, 1.82) is 0 Å². The molecule has 3 aromatic rings. The van der Waals surface area contributed by atoms with Gasteiger partial charge in [0.1, 0.15) is 11.4 Å². The van der Waals surface area contributed by atoms with Gasteiger partial charge in [-0.05, 0) is 23.3 Å². The standard InChI is InChI=1S/C22H21FN2O/c23-20-13-18(24)11-12-19(20)22(26)14-25(15-22)21(16-7-3-1-4-8-16)17-9-5-2-6-10-17/h1-13,21,26H,14-15,24H2. The van der Waals surface area contributed by atoms with E-state index >= 15 is 0 Å². The van der Waals surface area contributed by atoms with Crippen molar-refractivity contribution in [3.63, 3.8) is 0 Å². The molecule has 4 rings (SSSR count). The van der Waals surface area contributed by atoms with E-state index < -0.39 is 11.4 Å². The van der Waals surface area contributed by atoms with Crippen LogP contribution in [0.1, 0.15) is 22.7 Å². The summed E-state index contributed by atoms with van der Waals surface area (Å²) in [5.41, 5.74) is 7.40. The molecule has 0 atom stereocenters. The lowest BCUT2D eigenvalue weighted by Gasteiger charge is -2.50. The number of likely N-dealkylation sites (tertiary alicyclic amines) is 1. The Kier molecular flexibility index (Phi) is 4.23. The number of hydrogen-bond donors (Lipinski definition) is 2. The zero-order valence-corrected chi connectivity index (χ0v) is 14.3. The summed E-state index contributed by atoms with van der Waals surface area (Å²) in [7, 11) is 0. The lowest BCUT2D eigenvalue weighted by atomic mass is 9.82. The molecular weight excluding hydrogens is 327 g/mol. The van der Waals surface area contributed by atoms with Crippen LogP contribution in [0.4, 0.5) is 10.1 Å². The average Bonchev–Trinajstić information content (AvgIpc) is 2.62. The maximum atomic E-state index is 14.3. The second kappa shape index (κ2) is 6.56. The SMILES string of the molecule is Nc1ccc(C2(O)CN(C(c3ccccc3)c3ccccc3)C2)c(F)c1. The summed E-state index contributed by atoms with van der Waals surface area (Å²) in [5, 5.41) is 10.9. The van der Waals surface area contributed by atoms with Gasteiger partial charge < -0.3 is 10.8 Å². The Bertz CT molecular complexity index is 853. The zero-order chi connectivity index (χ0) is 18.1. The number of nitrogen functional groups attached to an aromatic ring is 1. The van der Waals surface area contributed by atoms with E-state index in [1.165, 1.54) is 6.07 Å². The van der Waals surface area contributed by atoms with Crippen molar-refractivity contribution in [2.24, 2.45) is 0 Å². The van der Waals surface area contributed by atoms with E-state index in [4.69, 9.17) is 5.73 Å². The van der Waals surface area contributed by atoms with Crippen LogP contribution in [0.5, 0.6) is 0 Å². The first-order valence-corrected chi connectivity index (χ1v) is 8.69. The number of hydrogen-bond acceptors (Lipinski definition) is 3. The summed E-state index contributed by atoms with van der Waals surface area (Å²) in [6.45, 7) is 0.727. The van der Waals surface area contributed by atoms with Gasteiger partial charge in [-0.1, -0.05) is 66.7 Å². The molecule has 1 fully saturated rings. The van der Waals surface area contributed by atoms with Gasteiger partial charge in [0.05, 0.1) is 6.04 Å². The maximum absolute atomic E-state index is 14.3. The molecule has 26 heavy (non-hydrogen) atoms. The molecule has 132 valence electrons. The van der Waals surface area contributed by atoms with Crippen LogP contribution in [0.2, 0.25) is 0 Å². The number of anilines is 1. The number of nitrogens with two attached hydrogens (primary N) is 1. The molecule has 3 aromatic carbocycles. The van der Waals surface area contributed by atoms with Crippen molar-refractivity contribution in [3.05, 3.63) is 101 Å². The van der Waals surface area contributed by atoms with Crippen LogP contribution in [0, 0.1) is 5.82 Å². The number of halogens is 1. The fourth-order valence-electron chi connectivity index (χ4n) is 3.77. The van der Waals surface area contributed by atoms with E-state index in [2.05, 4.69) is 29.2 Å². The highest BCUT2D eigenvalue weighted by Gasteiger charge is 2.47. The molecular formula is C22H21FN2O. The predicted molar refractivity (Wildman–Crippen MR) is 101 cm³/mol. The Labute approximate surface area is 152 Å². The first kappa shape index (κ1) is 16.8. The van der Waals surface area contributed by atoms with E-state index in [1.807, 2.05) is 36.4 Å². The van der Waals surface area contributed by atoms with E-state index in [0.29, 0.717) is 24.3 Å². The molecule has 4 heteroatoms. The van der Waals surface area contributed by atoms with Gasteiger partial charge in [-0.2, -0.15) is 0 Å². The van der Waals surface area contributed by atoms with Gasteiger partial charge in [0, 0.05) is 24.3 Å². The van der Waals surface area contributed by atoms with Crippen LogP contribution < -0.4 is 5.73 Å². The number of nitrogens with zero attached hydrogens (tertiary/aromatic N) is 1. The Morgan fingerprint density at radius 2 is 1.42 bits per heavy atom. The van der Waals surface area contributed by atoms with Crippen molar-refractivity contribution in [1.82, 2.24) is 4.90 Å². The molecule has 1 aliphatic rings. The molecule has 0 bridgehead atoms. The fourth-order valence-corrected chi connectivity index (χ4v) is 3.77. The van der Waals surface area contributed by atoms with Gasteiger partial charge in [0.25, 0.3) is 0 Å². The number of aliphatic hydroxyl groups is 1. The molecule has 1 saturated heterocycles. The summed E-state index contributed by atoms with van der Waals surface area (Å²) in [4.78, 5) is 2.17. The number of benzene rings is 3. The normalized spacial score (nSPS) is 16.4. The van der Waals surface area contributed by atoms with Crippen molar-refractivity contribution in [2.75, 3.05) is 18.8 Å². The average molecular weight is 348 g/mol. The Morgan fingerprint density at radius 3 is 1.92 bits per heavy atom. The van der Waals surface area contributed by atoms with Crippen molar-refractivity contribution in [2.45, 2.75) is 11.6 Å². The third kappa shape index (κ3) is 2.98. The Morgan fingerprint density at radius 1 is 0.885 bits per heavy atom. The minimum atomic E-state index is -1.19. The van der Waals surface area contributed by atoms with Gasteiger partial charge in [-0.25, -0.2) is 4.39 Å². The largest absolute Gasteiger partial charge is 0.399 e. The summed E-state index contributed by atoms with van der Waals surface area (Å²) in [6, 6.07) is 24.9. The summed E-state index contributed by atoms with van der Waals surface area (Å²) in [6.07, 6.45) is 0. The summed E-state index contributed by atoms with van der Waals surface area (Å²) >= 11 is 0. The molecule has 0 aliphatic carbocycles. The van der Waals surface area contributed by atoms with Gasteiger partial charge in [-0.15, -0.1) is 0 Å². The van der Waals surface area contributed by atoms with E-state index in [1.54, 1.807) is 12.1 Å². The molecule has 0 unspecified atom stereocenters. The molecule has 0 amide bonds. The highest BCUT2D eigenvalue weighted by molar-refractivity contribution is 5.43. The Hall–Kier alpha value is -2.69. The molecule has 3 nitrogen and oxygen atoms in total. The van der Waals surface area contributed by atoms with E-state index in [9.17, 15) is 9.50 Å². The van der Waals surface area contributed by atoms with Crippen molar-refractivity contribution in [3.8, 4) is 0 Å². The third-order valence-electron chi connectivity index (χ3n) is 5.02. The topological polar surface area (TPSA) is 49.5 Å². The van der Waals surface area contributed by atoms with Crippen LogP contribution >= 0.6 is 0 Å². The molecule has 0 radical (unpaired) electrons. The van der Waals surface area contributed by atoms with E-state index in [-0.39, 0.29) is 6.04 Å². The van der Waals surface area contributed by atoms with Crippen LogP contribution in [-0.4, -0.2) is 23.1 Å². The molecule has 0 aromatic heterocycles. The van der Waals surface area contributed by atoms with Crippen molar-refractivity contribution >= 4 is 5.69 Å². The molecule has 0 saturated carbocycles. The quantitative estimate of drug-likeness (QED) is 0.707. The third-order valence-corrected chi connectivity index (χ3v) is 5.02. The molecule has 1 heterocycles. The second-order valence-corrected chi connectivity index (χ2v) is 6.90. The van der Waals surface area contributed by atoms with Crippen LogP contribution in [0.3, 0.4) is 0 Å². The molecule has 1 aliphatic heterocycles. The highest BCUT2D eigenvalue weighted by atomic mass is 19.1. The Balaban J connectivity index is 1.64. The first-order chi connectivity index (χ1) is 12.6. The first-order valence-electron chi connectivity index (χ1n) is 8.69. The van der Waals surface area contributed by atoms with Gasteiger partial charge in [0.2, 0.25) is 0 Å². The minimum Gasteiger partial charge on any atom is -0.399 e. The second-order valence-electron chi connectivity index (χ2n) is 6.90. The van der Waals surface area contributed by atoms with E-state index in [0.717, 1.165) is 11.1 Å². The molecule has 3 N–H and O–H groups in total. The van der Waals surface area contributed by atoms with Gasteiger partial charge in [-0.3, -0.25) is 4.90 Å². The lowest BCUT2D eigenvalue weighted by molar-refractivity contribution is -0.118. The highest BCUT2D eigenvalue weighted by Crippen LogP contribution is 2.41. The van der Waals surface area contributed by atoms with Crippen LogP contribution in [0.25, 0.3) is 0 Å². The van der Waals surface area contributed by atoms with Crippen LogP contribution in [0.15, 0.2) is 78.9 Å². The number of rotatable bonds is 4. The molecule has 0 spiro atoms. The van der Waals surface area contributed by atoms with Gasteiger partial charge in [0.15, 0.2) is 0 Å². The van der Waals surface area contributed by atoms with Crippen molar-refractivity contribution < 1.29 is 9.50 Å². The van der Waals surface area contributed by atoms with Crippen LogP contribution in [-0.2, 0) is 5.60 Å². The lowest BCUT2D eigenvalue weighted by Crippen LogP contribution is -2.60. The zero-order valence-electron chi connectivity index (χ0n) is 14.3. The smallest absolute Gasteiger partial charge is 0.131 e. The maximum Gasteiger partial charge on any atom is 0.131 e. The van der Waals surface area contributed by atoms with Gasteiger partial charge >= 0.3 is 0 Å². The monoisotopic (exact) mass is 348 g/mol. The number of β-amino-alcohol motifs (C(OH)–C–C–N with tert-alkyl or cyclic N) is 1. The fraction of sp³-hybridized carbons (Fsp3) is 0.182. The predicted octanol–water partition coefficient (Wildman–Crippen LogP) is 3.70. The minimum absolute atomic E-state index is 0.0227.